The predicted molar refractivity (Wildman–Crippen MR) is 84.4 cm³/mol. The molecule has 1 unspecified atom stereocenters. The molecule has 0 saturated carbocycles. The molecule has 0 aliphatic carbocycles. The molecule has 2 heterocycles. The highest BCUT2D eigenvalue weighted by atomic mass is 16.1. The first-order valence-electron chi connectivity index (χ1n) is 7.92. The minimum Gasteiger partial charge on any atom is -0.351 e. The van der Waals surface area contributed by atoms with Gasteiger partial charge in [-0.1, -0.05) is 20.8 Å². The molecule has 1 fully saturated rings. The van der Waals surface area contributed by atoms with Gasteiger partial charge in [0.1, 0.15) is 5.69 Å². The Morgan fingerprint density at radius 3 is 3.05 bits per heavy atom. The second-order valence-electron chi connectivity index (χ2n) is 6.37. The summed E-state index contributed by atoms with van der Waals surface area (Å²) in [6, 6.07) is 1.68. The lowest BCUT2D eigenvalue weighted by Gasteiger charge is -2.30. The standard InChI is InChI=1S/C16H26N4O/c1-12(2)6-8-17-15(21)14-7-9-18-16(19-14)20-10-4-5-13(3)11-20/h7,9,12-13H,4-6,8,10-11H2,1-3H3,(H,17,21). The van der Waals surface area contributed by atoms with Crippen molar-refractivity contribution < 1.29 is 4.79 Å². The Labute approximate surface area is 127 Å². The Balaban J connectivity index is 1.98. The van der Waals surface area contributed by atoms with Crippen LogP contribution in [-0.2, 0) is 0 Å². The summed E-state index contributed by atoms with van der Waals surface area (Å²) >= 11 is 0. The first kappa shape index (κ1) is 15.7. The van der Waals surface area contributed by atoms with Crippen LogP contribution in [0.15, 0.2) is 12.3 Å². The largest absolute Gasteiger partial charge is 0.351 e. The summed E-state index contributed by atoms with van der Waals surface area (Å²) in [4.78, 5) is 23.0. The molecule has 1 amide bonds. The molecular weight excluding hydrogens is 264 g/mol. The lowest BCUT2D eigenvalue weighted by atomic mass is 10.0. The van der Waals surface area contributed by atoms with Crippen LogP contribution in [0.5, 0.6) is 0 Å². The lowest BCUT2D eigenvalue weighted by Crippen LogP contribution is -2.36. The molecule has 1 aliphatic rings. The quantitative estimate of drug-likeness (QED) is 0.905. The Kier molecular flexibility index (Phi) is 5.53. The van der Waals surface area contributed by atoms with E-state index in [9.17, 15) is 4.79 Å². The zero-order valence-electron chi connectivity index (χ0n) is 13.3. The van der Waals surface area contributed by atoms with Crippen molar-refractivity contribution in [2.75, 3.05) is 24.5 Å². The van der Waals surface area contributed by atoms with Crippen LogP contribution in [0.25, 0.3) is 0 Å². The molecule has 1 N–H and O–H groups in total. The van der Waals surface area contributed by atoms with E-state index in [4.69, 9.17) is 0 Å². The zero-order chi connectivity index (χ0) is 15.2. The fraction of sp³-hybridized carbons (Fsp3) is 0.688. The minimum absolute atomic E-state index is 0.107. The van der Waals surface area contributed by atoms with E-state index in [1.54, 1.807) is 12.3 Å². The summed E-state index contributed by atoms with van der Waals surface area (Å²) < 4.78 is 0. The highest BCUT2D eigenvalue weighted by Crippen LogP contribution is 2.19. The summed E-state index contributed by atoms with van der Waals surface area (Å²) in [7, 11) is 0. The summed E-state index contributed by atoms with van der Waals surface area (Å²) in [5.74, 6) is 1.81. The van der Waals surface area contributed by atoms with Gasteiger partial charge in [-0.15, -0.1) is 0 Å². The lowest BCUT2D eigenvalue weighted by molar-refractivity contribution is 0.0947. The maximum absolute atomic E-state index is 12.1. The van der Waals surface area contributed by atoms with Gasteiger partial charge in [-0.25, -0.2) is 9.97 Å². The maximum atomic E-state index is 12.1. The number of hydrogen-bond donors (Lipinski definition) is 1. The monoisotopic (exact) mass is 290 g/mol. The van der Waals surface area contributed by atoms with Gasteiger partial charge in [0, 0.05) is 25.8 Å². The van der Waals surface area contributed by atoms with Crippen molar-refractivity contribution in [2.45, 2.75) is 40.0 Å². The van der Waals surface area contributed by atoms with Crippen molar-refractivity contribution in [3.05, 3.63) is 18.0 Å². The van der Waals surface area contributed by atoms with E-state index in [2.05, 4.69) is 41.0 Å². The molecule has 1 saturated heterocycles. The highest BCUT2D eigenvalue weighted by molar-refractivity contribution is 5.92. The molecule has 0 spiro atoms. The molecule has 0 bridgehead atoms. The Bertz CT molecular complexity index is 475. The molecule has 0 radical (unpaired) electrons. The summed E-state index contributed by atoms with van der Waals surface area (Å²) in [6.45, 7) is 9.17. The van der Waals surface area contributed by atoms with Crippen LogP contribution in [0.1, 0.15) is 50.5 Å². The minimum atomic E-state index is -0.107. The molecule has 2 rings (SSSR count). The van der Waals surface area contributed by atoms with Crippen LogP contribution in [0.2, 0.25) is 0 Å². The van der Waals surface area contributed by atoms with Crippen molar-refractivity contribution in [3.8, 4) is 0 Å². The fourth-order valence-electron chi connectivity index (χ4n) is 2.56. The van der Waals surface area contributed by atoms with E-state index in [1.165, 1.54) is 6.42 Å². The van der Waals surface area contributed by atoms with E-state index in [0.29, 0.717) is 30.0 Å². The van der Waals surface area contributed by atoms with Gasteiger partial charge in [0.05, 0.1) is 0 Å². The molecule has 1 aromatic rings. The average molecular weight is 290 g/mol. The average Bonchev–Trinajstić information content (AvgIpc) is 2.47. The van der Waals surface area contributed by atoms with Crippen molar-refractivity contribution in [1.82, 2.24) is 15.3 Å². The summed E-state index contributed by atoms with van der Waals surface area (Å²) in [5.41, 5.74) is 0.460. The number of aromatic nitrogens is 2. The van der Waals surface area contributed by atoms with Gasteiger partial charge in [-0.3, -0.25) is 4.79 Å². The molecule has 1 aromatic heterocycles. The topological polar surface area (TPSA) is 58.1 Å². The van der Waals surface area contributed by atoms with Gasteiger partial charge in [0.2, 0.25) is 5.95 Å². The Morgan fingerprint density at radius 1 is 1.52 bits per heavy atom. The van der Waals surface area contributed by atoms with E-state index in [-0.39, 0.29) is 5.91 Å². The Hall–Kier alpha value is -1.65. The van der Waals surface area contributed by atoms with Gasteiger partial charge in [-0.05, 0) is 37.2 Å². The SMILES string of the molecule is CC(C)CCNC(=O)c1ccnc(N2CCCC(C)C2)n1. The molecule has 5 nitrogen and oxygen atoms in total. The molecule has 5 heteroatoms. The molecule has 0 aromatic carbocycles. The third-order valence-corrected chi connectivity index (χ3v) is 3.82. The first-order chi connectivity index (χ1) is 10.1. The molecule has 116 valence electrons. The first-order valence-corrected chi connectivity index (χ1v) is 7.92. The second-order valence-corrected chi connectivity index (χ2v) is 6.37. The third kappa shape index (κ3) is 4.69. The van der Waals surface area contributed by atoms with Crippen molar-refractivity contribution in [3.63, 3.8) is 0 Å². The van der Waals surface area contributed by atoms with Crippen LogP contribution < -0.4 is 10.2 Å². The second kappa shape index (κ2) is 7.38. The van der Waals surface area contributed by atoms with Crippen molar-refractivity contribution >= 4 is 11.9 Å². The van der Waals surface area contributed by atoms with Crippen LogP contribution in [0, 0.1) is 11.8 Å². The highest BCUT2D eigenvalue weighted by Gasteiger charge is 2.19. The van der Waals surface area contributed by atoms with E-state index >= 15 is 0 Å². The van der Waals surface area contributed by atoms with Gasteiger partial charge in [-0.2, -0.15) is 0 Å². The van der Waals surface area contributed by atoms with Crippen molar-refractivity contribution in [2.24, 2.45) is 11.8 Å². The Morgan fingerprint density at radius 2 is 2.33 bits per heavy atom. The summed E-state index contributed by atoms with van der Waals surface area (Å²) in [6.07, 6.45) is 5.08. The number of rotatable bonds is 5. The predicted octanol–water partition coefficient (Wildman–Crippen LogP) is 2.49. The number of piperidine rings is 1. The van der Waals surface area contributed by atoms with Gasteiger partial charge in [0.15, 0.2) is 0 Å². The van der Waals surface area contributed by atoms with Crippen LogP contribution in [0.4, 0.5) is 5.95 Å². The van der Waals surface area contributed by atoms with Gasteiger partial charge in [0.25, 0.3) is 5.91 Å². The molecule has 21 heavy (non-hydrogen) atoms. The van der Waals surface area contributed by atoms with E-state index < -0.39 is 0 Å². The smallest absolute Gasteiger partial charge is 0.270 e. The van der Waals surface area contributed by atoms with Gasteiger partial charge >= 0.3 is 0 Å². The van der Waals surface area contributed by atoms with E-state index in [0.717, 1.165) is 25.9 Å². The number of hydrogen-bond acceptors (Lipinski definition) is 4. The number of carbonyl (C=O) groups excluding carboxylic acids is 1. The van der Waals surface area contributed by atoms with Crippen LogP contribution >= 0.6 is 0 Å². The molecule has 1 aliphatic heterocycles. The third-order valence-electron chi connectivity index (χ3n) is 3.82. The van der Waals surface area contributed by atoms with Crippen LogP contribution in [0.3, 0.4) is 0 Å². The number of carbonyl (C=O) groups is 1. The number of nitrogens with zero attached hydrogens (tertiary/aromatic N) is 3. The van der Waals surface area contributed by atoms with E-state index in [1.807, 2.05) is 0 Å². The fourth-order valence-corrected chi connectivity index (χ4v) is 2.56. The molecule has 1 atom stereocenters. The zero-order valence-corrected chi connectivity index (χ0v) is 13.3. The summed E-state index contributed by atoms with van der Waals surface area (Å²) in [5, 5.41) is 2.92. The van der Waals surface area contributed by atoms with Gasteiger partial charge < -0.3 is 10.2 Å². The maximum Gasteiger partial charge on any atom is 0.270 e. The van der Waals surface area contributed by atoms with Crippen molar-refractivity contribution in [1.29, 1.82) is 0 Å². The number of nitrogens with one attached hydrogen (secondary N) is 1. The number of amides is 1. The number of anilines is 1. The molecular formula is C16H26N4O. The normalized spacial score (nSPS) is 18.9. The van der Waals surface area contributed by atoms with Crippen LogP contribution in [-0.4, -0.2) is 35.5 Å².